The maximum atomic E-state index is 5.58. The van der Waals surface area contributed by atoms with Crippen molar-refractivity contribution >= 4 is 0 Å². The average molecular weight is 328 g/mol. The van der Waals surface area contributed by atoms with Crippen LogP contribution in [0.15, 0.2) is 10.8 Å². The van der Waals surface area contributed by atoms with Crippen molar-refractivity contribution in [3.8, 4) is 0 Å². The normalized spacial score (nSPS) is 21.6. The number of imidazole rings is 1. The maximum absolute atomic E-state index is 5.58. The second kappa shape index (κ2) is 6.36. The van der Waals surface area contributed by atoms with Gasteiger partial charge in [0.2, 0.25) is 0 Å². The van der Waals surface area contributed by atoms with Gasteiger partial charge in [0.05, 0.1) is 11.4 Å². The third-order valence-electron chi connectivity index (χ3n) is 5.53. The molecule has 0 N–H and O–H groups in total. The fourth-order valence-electron chi connectivity index (χ4n) is 4.43. The molecule has 1 aliphatic heterocycles. The number of hydrogen-bond acceptors (Lipinski definition) is 4. The quantitative estimate of drug-likeness (QED) is 0.860. The summed E-state index contributed by atoms with van der Waals surface area (Å²) in [5.74, 6) is 2.64. The highest BCUT2D eigenvalue weighted by molar-refractivity contribution is 5.21. The van der Waals surface area contributed by atoms with Gasteiger partial charge in [-0.05, 0) is 39.0 Å². The van der Waals surface area contributed by atoms with Crippen molar-refractivity contribution in [3.05, 3.63) is 35.1 Å². The van der Waals surface area contributed by atoms with Crippen molar-refractivity contribution < 1.29 is 4.42 Å². The summed E-state index contributed by atoms with van der Waals surface area (Å²) in [6.07, 6.45) is 7.77. The molecule has 0 amide bonds. The number of rotatable bonds is 4. The molecule has 1 saturated heterocycles. The third-order valence-corrected chi connectivity index (χ3v) is 5.53. The van der Waals surface area contributed by atoms with Crippen LogP contribution in [-0.2, 0) is 19.4 Å². The van der Waals surface area contributed by atoms with Gasteiger partial charge < -0.3 is 8.98 Å². The van der Waals surface area contributed by atoms with Crippen LogP contribution in [-0.4, -0.2) is 32.5 Å². The lowest BCUT2D eigenvalue weighted by Crippen LogP contribution is -2.23. The number of fused-ring (bicyclic) bond motifs is 1. The third kappa shape index (κ3) is 2.79. The van der Waals surface area contributed by atoms with Gasteiger partial charge in [0.25, 0.3) is 0 Å². The Morgan fingerprint density at radius 3 is 2.96 bits per heavy atom. The van der Waals surface area contributed by atoms with Crippen molar-refractivity contribution in [1.29, 1.82) is 0 Å². The molecule has 3 heterocycles. The first-order valence-corrected chi connectivity index (χ1v) is 9.34. The van der Waals surface area contributed by atoms with Gasteiger partial charge >= 0.3 is 0 Å². The Morgan fingerprint density at radius 2 is 2.12 bits per heavy atom. The molecule has 1 unspecified atom stereocenters. The molecule has 0 saturated carbocycles. The average Bonchev–Trinajstić information content (AvgIpc) is 3.25. The van der Waals surface area contributed by atoms with Crippen LogP contribution < -0.4 is 0 Å². The number of oxazole rings is 1. The smallest absolute Gasteiger partial charge is 0.181 e. The highest BCUT2D eigenvalue weighted by atomic mass is 16.3. The van der Waals surface area contributed by atoms with Gasteiger partial charge in [-0.3, -0.25) is 4.90 Å². The van der Waals surface area contributed by atoms with E-state index in [9.17, 15) is 0 Å². The number of aryl methyl sites for hydroxylation is 2. The Balaban J connectivity index is 1.49. The minimum atomic E-state index is 0.392. The minimum Gasteiger partial charge on any atom is -0.448 e. The summed E-state index contributed by atoms with van der Waals surface area (Å²) in [6, 6.07) is 0.564. The molecule has 0 aromatic carbocycles. The molecular formula is C19H28N4O. The Morgan fingerprint density at radius 1 is 1.29 bits per heavy atom. The predicted molar refractivity (Wildman–Crippen MR) is 93.1 cm³/mol. The first kappa shape index (κ1) is 15.9. The minimum absolute atomic E-state index is 0.392. The van der Waals surface area contributed by atoms with Crippen molar-refractivity contribution in [3.63, 3.8) is 0 Å². The van der Waals surface area contributed by atoms with Crippen molar-refractivity contribution in [2.24, 2.45) is 0 Å². The molecular weight excluding hydrogens is 300 g/mol. The number of nitrogens with zero attached hydrogens (tertiary/aromatic N) is 4. The summed E-state index contributed by atoms with van der Waals surface area (Å²) < 4.78 is 8.12. The SMILES string of the molecule is Cc1nc2c(n1C1CCN(Cc3ncoc3C(C)C)C1)CCCC2. The molecule has 2 aromatic heterocycles. The number of aromatic nitrogens is 3. The number of likely N-dealkylation sites (tertiary alicyclic amines) is 1. The zero-order chi connectivity index (χ0) is 16.7. The maximum Gasteiger partial charge on any atom is 0.181 e. The largest absolute Gasteiger partial charge is 0.448 e. The van der Waals surface area contributed by atoms with Gasteiger partial charge in [-0.25, -0.2) is 9.97 Å². The van der Waals surface area contributed by atoms with Crippen molar-refractivity contribution in [2.45, 2.75) is 71.4 Å². The molecule has 5 nitrogen and oxygen atoms in total. The highest BCUT2D eigenvalue weighted by Gasteiger charge is 2.30. The summed E-state index contributed by atoms with van der Waals surface area (Å²) in [5, 5.41) is 0. The standard InChI is InChI=1S/C19H28N4O/c1-13(2)19-17(20-12-24-19)11-22-9-8-15(10-22)23-14(3)21-16-6-4-5-7-18(16)23/h12-13,15H,4-11H2,1-3H3. The molecule has 0 radical (unpaired) electrons. The second-order valence-corrected chi connectivity index (χ2v) is 7.63. The van der Waals surface area contributed by atoms with Gasteiger partial charge in [-0.2, -0.15) is 0 Å². The lowest BCUT2D eigenvalue weighted by Gasteiger charge is -2.21. The summed E-state index contributed by atoms with van der Waals surface area (Å²) >= 11 is 0. The zero-order valence-corrected chi connectivity index (χ0v) is 15.1. The molecule has 0 bridgehead atoms. The van der Waals surface area contributed by atoms with Gasteiger partial charge in [-0.1, -0.05) is 13.8 Å². The van der Waals surface area contributed by atoms with Gasteiger partial charge in [-0.15, -0.1) is 0 Å². The van der Waals surface area contributed by atoms with E-state index in [1.165, 1.54) is 42.9 Å². The van der Waals surface area contributed by atoms with E-state index in [1.54, 1.807) is 6.39 Å². The van der Waals surface area contributed by atoms with Gasteiger partial charge in [0.15, 0.2) is 6.39 Å². The first-order valence-electron chi connectivity index (χ1n) is 9.34. The van der Waals surface area contributed by atoms with Crippen molar-refractivity contribution in [2.75, 3.05) is 13.1 Å². The molecule has 1 fully saturated rings. The Kier molecular flexibility index (Phi) is 4.21. The molecule has 24 heavy (non-hydrogen) atoms. The summed E-state index contributed by atoms with van der Waals surface area (Å²) in [4.78, 5) is 11.8. The van der Waals surface area contributed by atoms with E-state index < -0.39 is 0 Å². The predicted octanol–water partition coefficient (Wildman–Crippen LogP) is 3.63. The lowest BCUT2D eigenvalue weighted by molar-refractivity contribution is 0.307. The summed E-state index contributed by atoms with van der Waals surface area (Å²) in [7, 11) is 0. The van der Waals surface area contributed by atoms with Crippen LogP contribution in [0.4, 0.5) is 0 Å². The Bertz CT molecular complexity index is 715. The highest BCUT2D eigenvalue weighted by Crippen LogP contribution is 2.31. The number of hydrogen-bond donors (Lipinski definition) is 0. The van der Waals surface area contributed by atoms with Crippen molar-refractivity contribution in [1.82, 2.24) is 19.4 Å². The molecule has 1 atom stereocenters. The lowest BCUT2D eigenvalue weighted by atomic mass is 10.0. The monoisotopic (exact) mass is 328 g/mol. The fourth-order valence-corrected chi connectivity index (χ4v) is 4.43. The van der Waals surface area contributed by atoms with E-state index >= 15 is 0 Å². The Labute approximate surface area is 144 Å². The zero-order valence-electron chi connectivity index (χ0n) is 15.1. The van der Waals surface area contributed by atoms with Gasteiger partial charge in [0.1, 0.15) is 11.6 Å². The molecule has 0 spiro atoms. The van der Waals surface area contributed by atoms with Gasteiger partial charge in [0, 0.05) is 37.3 Å². The first-order chi connectivity index (χ1) is 11.6. The van der Waals surface area contributed by atoms with E-state index in [0.29, 0.717) is 12.0 Å². The van der Waals surface area contributed by atoms with Crippen LogP contribution in [0.2, 0.25) is 0 Å². The molecule has 2 aromatic rings. The molecule has 130 valence electrons. The van der Waals surface area contributed by atoms with Crippen LogP contribution in [0.5, 0.6) is 0 Å². The molecule has 5 heteroatoms. The van der Waals surface area contributed by atoms with Crippen LogP contribution in [0.25, 0.3) is 0 Å². The van der Waals surface area contributed by atoms with Crippen LogP contribution in [0.3, 0.4) is 0 Å². The van der Waals surface area contributed by atoms with E-state index in [1.807, 2.05) is 0 Å². The van der Waals surface area contributed by atoms with Crippen LogP contribution in [0.1, 0.15) is 73.7 Å². The molecule has 1 aliphatic carbocycles. The molecule has 2 aliphatic rings. The fraction of sp³-hybridized carbons (Fsp3) is 0.684. The van der Waals surface area contributed by atoms with E-state index in [-0.39, 0.29) is 0 Å². The van der Waals surface area contributed by atoms with E-state index in [0.717, 1.165) is 37.5 Å². The van der Waals surface area contributed by atoms with E-state index in [2.05, 4.69) is 35.2 Å². The summed E-state index contributed by atoms with van der Waals surface area (Å²) in [5.41, 5.74) is 3.97. The van der Waals surface area contributed by atoms with Crippen LogP contribution in [0, 0.1) is 6.92 Å². The van der Waals surface area contributed by atoms with E-state index in [4.69, 9.17) is 9.40 Å². The molecule has 4 rings (SSSR count). The Hall–Kier alpha value is -1.62. The second-order valence-electron chi connectivity index (χ2n) is 7.63. The van der Waals surface area contributed by atoms with Crippen LogP contribution >= 0.6 is 0 Å². The summed E-state index contributed by atoms with van der Waals surface area (Å²) in [6.45, 7) is 9.62. The topological polar surface area (TPSA) is 47.1 Å².